The van der Waals surface area contributed by atoms with Crippen LogP contribution in [0.5, 0.6) is 0 Å². The van der Waals surface area contributed by atoms with Crippen molar-refractivity contribution < 1.29 is 24.5 Å². The van der Waals surface area contributed by atoms with Crippen LogP contribution in [0, 0.1) is 0 Å². The van der Waals surface area contributed by atoms with E-state index in [-0.39, 0.29) is 18.5 Å². The van der Waals surface area contributed by atoms with Gasteiger partial charge in [-0.05, 0) is 25.7 Å². The quantitative estimate of drug-likeness (QED) is 0.0417. The van der Waals surface area contributed by atoms with E-state index in [0.717, 1.165) is 38.5 Å². The Balaban J connectivity index is 3.30. The molecule has 0 radical (unpaired) electrons. The van der Waals surface area contributed by atoms with Gasteiger partial charge in [-0.1, -0.05) is 444 Å². The molecule has 0 aliphatic heterocycles. The summed E-state index contributed by atoms with van der Waals surface area (Å²) >= 11 is 0. The third-order valence-corrected chi connectivity index (χ3v) is 19.7. The minimum Gasteiger partial charge on any atom is -0.466 e. The highest BCUT2D eigenvalue weighted by Gasteiger charge is 2.20. The van der Waals surface area contributed by atoms with Gasteiger partial charge in [0.1, 0.15) is 0 Å². The summed E-state index contributed by atoms with van der Waals surface area (Å²) in [5.41, 5.74) is 0. The van der Waals surface area contributed by atoms with E-state index in [1.165, 1.54) is 411 Å². The van der Waals surface area contributed by atoms with Gasteiger partial charge in [0.05, 0.1) is 25.4 Å². The van der Waals surface area contributed by atoms with Gasteiger partial charge in [-0.25, -0.2) is 0 Å². The lowest BCUT2D eigenvalue weighted by atomic mass is 10.0. The van der Waals surface area contributed by atoms with E-state index in [4.69, 9.17) is 4.74 Å². The first-order valence-corrected chi connectivity index (χ1v) is 40.8. The summed E-state index contributed by atoms with van der Waals surface area (Å²) in [5, 5.41) is 23.4. The van der Waals surface area contributed by atoms with Gasteiger partial charge in [0.25, 0.3) is 0 Å². The topological polar surface area (TPSA) is 95.9 Å². The van der Waals surface area contributed by atoms with Crippen LogP contribution in [-0.2, 0) is 14.3 Å². The van der Waals surface area contributed by atoms with E-state index in [1.807, 2.05) is 0 Å². The fourth-order valence-corrected chi connectivity index (χ4v) is 13.5. The normalized spacial score (nSPS) is 12.4. The number of rotatable bonds is 78. The fraction of sp³-hybridized carbons (Fsp3) is 0.975. The van der Waals surface area contributed by atoms with Crippen LogP contribution in [0.15, 0.2) is 0 Å². The molecule has 0 aromatic carbocycles. The van der Waals surface area contributed by atoms with Gasteiger partial charge in [0.2, 0.25) is 5.91 Å². The predicted octanol–water partition coefficient (Wildman–Crippen LogP) is 26.9. The molecule has 0 saturated carbocycles. The van der Waals surface area contributed by atoms with Gasteiger partial charge in [-0.15, -0.1) is 0 Å². The van der Waals surface area contributed by atoms with Crippen molar-refractivity contribution in [3.05, 3.63) is 0 Å². The molecule has 0 aromatic heterocycles. The SMILES string of the molecule is CCCCCCCCCCCCCCCCCCCCCC(=O)OCCCCCCCCCCCCCCCCCCCCCCCCCCCCCCCCCCC(=O)NC(CO)C(O)CCCCCCCCCCCCCCCCCCCCC. The fourth-order valence-electron chi connectivity index (χ4n) is 13.5. The van der Waals surface area contributed by atoms with Crippen molar-refractivity contribution in [2.75, 3.05) is 13.2 Å². The van der Waals surface area contributed by atoms with Crippen molar-refractivity contribution in [2.24, 2.45) is 0 Å². The van der Waals surface area contributed by atoms with Crippen molar-refractivity contribution in [3.8, 4) is 0 Å². The smallest absolute Gasteiger partial charge is 0.305 e. The van der Waals surface area contributed by atoms with Crippen LogP contribution in [0.1, 0.15) is 483 Å². The molecule has 0 aliphatic carbocycles. The first kappa shape index (κ1) is 85.9. The van der Waals surface area contributed by atoms with Crippen LogP contribution in [0.3, 0.4) is 0 Å². The van der Waals surface area contributed by atoms with Crippen LogP contribution in [0.4, 0.5) is 0 Å². The Hall–Kier alpha value is -1.14. The van der Waals surface area contributed by atoms with Crippen LogP contribution in [0.25, 0.3) is 0 Å². The van der Waals surface area contributed by atoms with E-state index >= 15 is 0 Å². The molecule has 520 valence electrons. The van der Waals surface area contributed by atoms with E-state index in [0.29, 0.717) is 25.9 Å². The van der Waals surface area contributed by atoms with E-state index in [9.17, 15) is 19.8 Å². The number of nitrogens with one attached hydrogen (secondary N) is 1. The molecule has 0 saturated heterocycles. The maximum absolute atomic E-state index is 12.6. The molecule has 0 spiro atoms. The number of hydrogen-bond acceptors (Lipinski definition) is 5. The maximum Gasteiger partial charge on any atom is 0.305 e. The highest BCUT2D eigenvalue weighted by molar-refractivity contribution is 5.76. The molecule has 3 N–H and O–H groups in total. The molecule has 6 heteroatoms. The molecule has 0 aromatic rings. The number of carbonyl (C=O) groups is 2. The highest BCUT2D eigenvalue weighted by Crippen LogP contribution is 2.21. The number of ether oxygens (including phenoxy) is 1. The Morgan fingerprint density at radius 2 is 0.471 bits per heavy atom. The molecule has 0 heterocycles. The lowest BCUT2D eigenvalue weighted by Gasteiger charge is -2.22. The third-order valence-electron chi connectivity index (χ3n) is 19.7. The monoisotopic (exact) mass is 1230 g/mol. The Bertz CT molecular complexity index is 1280. The van der Waals surface area contributed by atoms with Gasteiger partial charge in [-0.2, -0.15) is 0 Å². The number of esters is 1. The average Bonchev–Trinajstić information content (AvgIpc) is 3.54. The van der Waals surface area contributed by atoms with Gasteiger partial charge in [0.15, 0.2) is 0 Å². The molecule has 87 heavy (non-hydrogen) atoms. The molecule has 0 rings (SSSR count). The molecule has 0 aliphatic rings. The van der Waals surface area contributed by atoms with Crippen molar-refractivity contribution >= 4 is 11.9 Å². The first-order valence-electron chi connectivity index (χ1n) is 40.8. The van der Waals surface area contributed by atoms with Crippen molar-refractivity contribution in [3.63, 3.8) is 0 Å². The molecule has 2 unspecified atom stereocenters. The molecular formula is C81H161NO5. The minimum atomic E-state index is -0.661. The van der Waals surface area contributed by atoms with Crippen LogP contribution >= 0.6 is 0 Å². The number of aliphatic hydroxyl groups is 2. The summed E-state index contributed by atoms with van der Waals surface area (Å²) in [7, 11) is 0. The zero-order valence-corrected chi connectivity index (χ0v) is 59.8. The third kappa shape index (κ3) is 73.8. The molecule has 6 nitrogen and oxygen atoms in total. The van der Waals surface area contributed by atoms with E-state index in [2.05, 4.69) is 19.2 Å². The summed E-state index contributed by atoms with van der Waals surface area (Å²) in [6, 6.07) is -0.538. The van der Waals surface area contributed by atoms with E-state index < -0.39 is 12.1 Å². The summed E-state index contributed by atoms with van der Waals surface area (Å²) in [6.07, 6.45) is 96.4. The van der Waals surface area contributed by atoms with Crippen molar-refractivity contribution in [1.82, 2.24) is 5.32 Å². The summed E-state index contributed by atoms with van der Waals surface area (Å²) < 4.78 is 5.52. The van der Waals surface area contributed by atoms with Crippen molar-refractivity contribution in [1.29, 1.82) is 0 Å². The number of carbonyl (C=O) groups excluding carboxylic acids is 2. The van der Waals surface area contributed by atoms with Crippen LogP contribution < -0.4 is 5.32 Å². The van der Waals surface area contributed by atoms with Gasteiger partial charge < -0.3 is 20.3 Å². The largest absolute Gasteiger partial charge is 0.466 e. The summed E-state index contributed by atoms with van der Waals surface area (Å²) in [6.45, 7) is 5.02. The number of amides is 1. The zero-order valence-electron chi connectivity index (χ0n) is 59.8. The second-order valence-corrected chi connectivity index (χ2v) is 28.5. The molecular weight excluding hydrogens is 1070 g/mol. The van der Waals surface area contributed by atoms with Gasteiger partial charge >= 0.3 is 5.97 Å². The molecule has 0 fully saturated rings. The summed E-state index contributed by atoms with van der Waals surface area (Å²) in [4.78, 5) is 24.7. The highest BCUT2D eigenvalue weighted by atomic mass is 16.5. The Kier molecular flexibility index (Phi) is 76.3. The zero-order chi connectivity index (χ0) is 62.8. The molecule has 1 amide bonds. The van der Waals surface area contributed by atoms with Crippen molar-refractivity contribution in [2.45, 2.75) is 495 Å². The van der Waals surface area contributed by atoms with Crippen LogP contribution in [0.2, 0.25) is 0 Å². The summed E-state index contributed by atoms with van der Waals surface area (Å²) in [5.74, 6) is 0.00299. The maximum atomic E-state index is 12.6. The van der Waals surface area contributed by atoms with Gasteiger partial charge in [0, 0.05) is 12.8 Å². The second kappa shape index (κ2) is 77.3. The minimum absolute atomic E-state index is 0.0247. The number of unbranched alkanes of at least 4 members (excludes halogenated alkanes) is 67. The standard InChI is InChI=1S/C81H161NO5/c1-3-5-7-9-11-13-15-17-19-21-37-41-45-49-53-57-61-65-69-73-79(84)78(77-83)82-80(85)74-70-66-62-58-54-50-46-42-39-35-33-31-29-27-25-23-24-26-28-30-32-34-36-40-44-48-52-56-60-64-68-72-76-87-81(86)75-71-67-63-59-55-51-47-43-38-22-20-18-16-14-12-10-8-6-4-2/h78-79,83-84H,3-77H2,1-2H3,(H,82,85). The van der Waals surface area contributed by atoms with Gasteiger partial charge in [-0.3, -0.25) is 9.59 Å². The number of aliphatic hydroxyl groups excluding tert-OH is 2. The van der Waals surface area contributed by atoms with E-state index in [1.54, 1.807) is 0 Å². The Morgan fingerprint density at radius 3 is 0.701 bits per heavy atom. The molecule has 0 bridgehead atoms. The lowest BCUT2D eigenvalue weighted by Crippen LogP contribution is -2.45. The second-order valence-electron chi connectivity index (χ2n) is 28.5. The average molecular weight is 1230 g/mol. The lowest BCUT2D eigenvalue weighted by molar-refractivity contribution is -0.143. The Morgan fingerprint density at radius 1 is 0.276 bits per heavy atom. The first-order chi connectivity index (χ1) is 43.0. The van der Waals surface area contributed by atoms with Crippen LogP contribution in [-0.4, -0.2) is 47.4 Å². The number of hydrogen-bond donors (Lipinski definition) is 3. The Labute approximate surface area is 547 Å². The molecule has 2 atom stereocenters. The predicted molar refractivity (Wildman–Crippen MR) is 384 cm³/mol.